The maximum Gasteiger partial charge on any atom is 0.272 e. The summed E-state index contributed by atoms with van der Waals surface area (Å²) in [6.45, 7) is 0. The van der Waals surface area contributed by atoms with Crippen molar-refractivity contribution in [3.63, 3.8) is 0 Å². The fourth-order valence-electron chi connectivity index (χ4n) is 2.12. The van der Waals surface area contributed by atoms with Gasteiger partial charge in [-0.1, -0.05) is 0 Å². The first-order valence-electron chi connectivity index (χ1n) is 6.29. The monoisotopic (exact) mass is 418 g/mol. The number of aromatic nitrogens is 1. The van der Waals surface area contributed by atoms with Gasteiger partial charge in [0, 0.05) is 27.3 Å². The fraction of sp³-hybridized carbons (Fsp3) is 0.214. The summed E-state index contributed by atoms with van der Waals surface area (Å²) >= 11 is 6.39. The van der Waals surface area contributed by atoms with Gasteiger partial charge < -0.3 is 9.88 Å². The van der Waals surface area contributed by atoms with E-state index in [4.69, 9.17) is 0 Å². The maximum absolute atomic E-state index is 13.8. The summed E-state index contributed by atoms with van der Waals surface area (Å²) in [4.78, 5) is 12.3. The lowest BCUT2D eigenvalue weighted by Crippen LogP contribution is -2.17. The first-order chi connectivity index (χ1) is 9.95. The third kappa shape index (κ3) is 3.03. The van der Waals surface area contributed by atoms with Crippen molar-refractivity contribution in [1.82, 2.24) is 4.57 Å². The Hall–Kier alpha value is -1.21. The van der Waals surface area contributed by atoms with Crippen LogP contribution in [0, 0.1) is 11.6 Å². The fourth-order valence-corrected chi connectivity index (χ4v) is 3.07. The van der Waals surface area contributed by atoms with E-state index >= 15 is 0 Å². The number of carbonyl (C=O) groups excluding carboxylic acids is 1. The van der Waals surface area contributed by atoms with Gasteiger partial charge in [-0.25, -0.2) is 8.78 Å². The zero-order chi connectivity index (χ0) is 15.1. The molecule has 1 aliphatic carbocycles. The van der Waals surface area contributed by atoms with Crippen LogP contribution in [-0.2, 0) is 0 Å². The highest BCUT2D eigenvalue weighted by Gasteiger charge is 2.28. The molecule has 0 spiro atoms. The van der Waals surface area contributed by atoms with E-state index in [9.17, 15) is 13.6 Å². The van der Waals surface area contributed by atoms with Gasteiger partial charge in [-0.15, -0.1) is 0 Å². The van der Waals surface area contributed by atoms with Gasteiger partial charge in [-0.3, -0.25) is 4.79 Å². The molecule has 1 amide bonds. The number of anilines is 1. The Morgan fingerprint density at radius 2 is 1.95 bits per heavy atom. The van der Waals surface area contributed by atoms with Gasteiger partial charge in [-0.05, 0) is 56.8 Å². The quantitative estimate of drug-likeness (QED) is 0.755. The van der Waals surface area contributed by atoms with Crippen molar-refractivity contribution in [3.8, 4) is 0 Å². The lowest BCUT2D eigenvalue weighted by Gasteiger charge is -2.11. The van der Waals surface area contributed by atoms with Crippen LogP contribution in [0.5, 0.6) is 0 Å². The lowest BCUT2D eigenvalue weighted by atomic mass is 10.3. The van der Waals surface area contributed by atoms with E-state index in [0.29, 0.717) is 11.7 Å². The first-order valence-corrected chi connectivity index (χ1v) is 7.87. The summed E-state index contributed by atoms with van der Waals surface area (Å²) < 4.78 is 29.6. The Morgan fingerprint density at radius 1 is 1.24 bits per heavy atom. The van der Waals surface area contributed by atoms with E-state index < -0.39 is 17.5 Å². The van der Waals surface area contributed by atoms with Crippen molar-refractivity contribution in [2.75, 3.05) is 5.32 Å². The SMILES string of the molecule is O=C(Nc1c(F)cc(F)cc1Br)c1cc(Br)cn1C1CC1. The van der Waals surface area contributed by atoms with E-state index in [0.717, 1.165) is 29.4 Å². The number of carbonyl (C=O) groups is 1. The molecule has 0 aliphatic heterocycles. The molecule has 3 rings (SSSR count). The van der Waals surface area contributed by atoms with Crippen LogP contribution in [0.3, 0.4) is 0 Å². The van der Waals surface area contributed by atoms with Crippen LogP contribution in [0.4, 0.5) is 14.5 Å². The predicted molar refractivity (Wildman–Crippen MR) is 82.4 cm³/mol. The lowest BCUT2D eigenvalue weighted by molar-refractivity contribution is 0.101. The summed E-state index contributed by atoms with van der Waals surface area (Å²) in [6.07, 6.45) is 3.88. The molecule has 0 atom stereocenters. The molecule has 1 fully saturated rings. The molecule has 2 aromatic rings. The van der Waals surface area contributed by atoms with Gasteiger partial charge in [-0.2, -0.15) is 0 Å². The largest absolute Gasteiger partial charge is 0.339 e. The molecule has 0 saturated heterocycles. The first kappa shape index (κ1) is 14.7. The van der Waals surface area contributed by atoms with E-state index in [-0.39, 0.29) is 10.2 Å². The summed E-state index contributed by atoms with van der Waals surface area (Å²) in [5, 5.41) is 2.49. The van der Waals surface area contributed by atoms with Crippen molar-refractivity contribution in [1.29, 1.82) is 0 Å². The molecule has 1 aliphatic rings. The minimum absolute atomic E-state index is 0.0685. The second kappa shape index (κ2) is 5.53. The second-order valence-corrected chi connectivity index (χ2v) is 6.65. The molecule has 0 radical (unpaired) electrons. The Balaban J connectivity index is 1.90. The number of nitrogens with zero attached hydrogens (tertiary/aromatic N) is 1. The average Bonchev–Trinajstić information content (AvgIpc) is 3.16. The van der Waals surface area contributed by atoms with Crippen LogP contribution in [0.25, 0.3) is 0 Å². The highest BCUT2D eigenvalue weighted by molar-refractivity contribution is 9.10. The van der Waals surface area contributed by atoms with Gasteiger partial charge >= 0.3 is 0 Å². The van der Waals surface area contributed by atoms with Crippen LogP contribution >= 0.6 is 31.9 Å². The van der Waals surface area contributed by atoms with E-state index in [1.165, 1.54) is 0 Å². The number of halogens is 4. The Kier molecular flexibility index (Phi) is 3.88. The molecular weight excluding hydrogens is 410 g/mol. The number of benzene rings is 1. The van der Waals surface area contributed by atoms with Crippen LogP contribution in [0.15, 0.2) is 33.3 Å². The third-order valence-corrected chi connectivity index (χ3v) is 4.29. The Bertz CT molecular complexity index is 703. The van der Waals surface area contributed by atoms with Crippen molar-refractivity contribution in [2.24, 2.45) is 0 Å². The minimum Gasteiger partial charge on any atom is -0.339 e. The molecule has 0 unspecified atom stereocenters. The molecule has 0 bridgehead atoms. The Morgan fingerprint density at radius 3 is 2.57 bits per heavy atom. The van der Waals surface area contributed by atoms with Crippen molar-refractivity contribution in [2.45, 2.75) is 18.9 Å². The highest BCUT2D eigenvalue weighted by atomic mass is 79.9. The molecule has 3 nitrogen and oxygen atoms in total. The van der Waals surface area contributed by atoms with E-state index in [1.54, 1.807) is 6.07 Å². The summed E-state index contributed by atoms with van der Waals surface area (Å²) in [6, 6.07) is 3.84. The standard InChI is InChI=1S/C14H10Br2F2N2O/c15-7-3-12(20(6-7)9-1-2-9)14(21)19-13-10(16)4-8(17)5-11(13)18/h3-6,9H,1-2H2,(H,19,21). The van der Waals surface area contributed by atoms with Crippen LogP contribution in [-0.4, -0.2) is 10.5 Å². The molecule has 1 aromatic heterocycles. The van der Waals surface area contributed by atoms with Gasteiger partial charge in [0.05, 0.1) is 5.69 Å². The molecule has 1 saturated carbocycles. The highest BCUT2D eigenvalue weighted by Crippen LogP contribution is 2.38. The molecule has 1 aromatic carbocycles. The summed E-state index contributed by atoms with van der Waals surface area (Å²) in [5.74, 6) is -1.96. The zero-order valence-electron chi connectivity index (χ0n) is 10.7. The third-order valence-electron chi connectivity index (χ3n) is 3.23. The van der Waals surface area contributed by atoms with Crippen LogP contribution in [0.1, 0.15) is 29.4 Å². The van der Waals surface area contributed by atoms with E-state index in [1.807, 2.05) is 10.8 Å². The minimum atomic E-state index is -0.821. The second-order valence-electron chi connectivity index (χ2n) is 4.88. The van der Waals surface area contributed by atoms with E-state index in [2.05, 4.69) is 37.2 Å². The Labute approximate surface area is 136 Å². The van der Waals surface area contributed by atoms with Gasteiger partial charge in [0.2, 0.25) is 0 Å². The predicted octanol–water partition coefficient (Wildman–Crippen LogP) is 4.88. The van der Waals surface area contributed by atoms with Gasteiger partial charge in [0.15, 0.2) is 5.82 Å². The number of hydrogen-bond acceptors (Lipinski definition) is 1. The number of hydrogen-bond donors (Lipinski definition) is 1. The van der Waals surface area contributed by atoms with Crippen LogP contribution < -0.4 is 5.32 Å². The smallest absolute Gasteiger partial charge is 0.272 e. The molecule has 21 heavy (non-hydrogen) atoms. The van der Waals surface area contributed by atoms with Gasteiger partial charge in [0.1, 0.15) is 11.5 Å². The normalized spacial score (nSPS) is 14.3. The summed E-state index contributed by atoms with van der Waals surface area (Å²) in [5.41, 5.74) is 0.376. The maximum atomic E-state index is 13.8. The molecular formula is C14H10Br2F2N2O. The molecule has 1 heterocycles. The van der Waals surface area contributed by atoms with Crippen LogP contribution in [0.2, 0.25) is 0 Å². The number of rotatable bonds is 3. The van der Waals surface area contributed by atoms with Crippen molar-refractivity contribution in [3.05, 3.63) is 50.7 Å². The van der Waals surface area contributed by atoms with Crippen molar-refractivity contribution >= 4 is 43.5 Å². The summed E-state index contributed by atoms with van der Waals surface area (Å²) in [7, 11) is 0. The number of nitrogens with one attached hydrogen (secondary N) is 1. The molecule has 7 heteroatoms. The van der Waals surface area contributed by atoms with Crippen molar-refractivity contribution < 1.29 is 13.6 Å². The van der Waals surface area contributed by atoms with Gasteiger partial charge in [0.25, 0.3) is 5.91 Å². The zero-order valence-corrected chi connectivity index (χ0v) is 13.8. The topological polar surface area (TPSA) is 34.0 Å². The number of amides is 1. The average molecular weight is 420 g/mol. The molecule has 110 valence electrons. The molecule has 1 N–H and O–H groups in total.